The van der Waals surface area contributed by atoms with Gasteiger partial charge in [-0.2, -0.15) is 10.2 Å². The minimum Gasteiger partial charge on any atom is -0.497 e. The van der Waals surface area contributed by atoms with Crippen LogP contribution in [0, 0.1) is 11.3 Å². The molecule has 0 unspecified atom stereocenters. The lowest BCUT2D eigenvalue weighted by Crippen LogP contribution is -2.49. The van der Waals surface area contributed by atoms with Crippen LogP contribution in [0.2, 0.25) is 0 Å². The number of methoxy groups -OCH3 is 1. The standard InChI is InChI=1S/C21H20N4O4S/c1-27-15-4-6-16(7-5-15)30-14-19(26)24-8-10-25(11-9-24)21-17(13-22)23-20(29-21)18-3-2-12-28-18/h2-7,12H,8-11,14H2,1H3. The van der Waals surface area contributed by atoms with Crippen molar-refractivity contribution in [2.75, 3.05) is 43.9 Å². The molecule has 0 atom stereocenters. The molecule has 9 heteroatoms. The van der Waals surface area contributed by atoms with E-state index in [2.05, 4.69) is 11.1 Å². The van der Waals surface area contributed by atoms with Gasteiger partial charge < -0.3 is 23.4 Å². The third kappa shape index (κ3) is 4.28. The number of aromatic nitrogens is 1. The highest BCUT2D eigenvalue weighted by Crippen LogP contribution is 2.29. The summed E-state index contributed by atoms with van der Waals surface area (Å²) in [6.07, 6.45) is 1.53. The van der Waals surface area contributed by atoms with Crippen molar-refractivity contribution in [3.63, 3.8) is 0 Å². The topological polar surface area (TPSA) is 95.7 Å². The lowest BCUT2D eigenvalue weighted by molar-refractivity contribution is -0.128. The molecule has 0 aliphatic carbocycles. The molecular weight excluding hydrogens is 404 g/mol. The predicted octanol–water partition coefficient (Wildman–Crippen LogP) is 3.26. The minimum absolute atomic E-state index is 0.0878. The molecular formula is C21H20N4O4S. The molecule has 8 nitrogen and oxygen atoms in total. The Hall–Kier alpha value is -3.38. The van der Waals surface area contributed by atoms with E-state index in [0.29, 0.717) is 43.6 Å². The van der Waals surface area contributed by atoms with Crippen LogP contribution in [0.3, 0.4) is 0 Å². The molecule has 0 N–H and O–H groups in total. The first kappa shape index (κ1) is 19.9. The normalized spacial score (nSPS) is 13.9. The van der Waals surface area contributed by atoms with Crippen molar-refractivity contribution < 1.29 is 18.4 Å². The van der Waals surface area contributed by atoms with Crippen LogP contribution in [0.1, 0.15) is 5.69 Å². The van der Waals surface area contributed by atoms with Crippen LogP contribution in [0.4, 0.5) is 5.88 Å². The molecule has 154 valence electrons. The SMILES string of the molecule is COc1ccc(SCC(=O)N2CCN(c3oc(-c4ccco4)nc3C#N)CC2)cc1. The zero-order chi connectivity index (χ0) is 20.9. The maximum atomic E-state index is 12.6. The molecule has 1 aromatic carbocycles. The van der Waals surface area contributed by atoms with Crippen molar-refractivity contribution in [1.29, 1.82) is 5.26 Å². The maximum Gasteiger partial charge on any atom is 0.266 e. The Bertz CT molecular complexity index is 1030. The molecule has 0 radical (unpaired) electrons. The minimum atomic E-state index is 0.0878. The number of oxazole rings is 1. The third-order valence-corrected chi connectivity index (χ3v) is 5.79. The first-order valence-corrected chi connectivity index (χ1v) is 10.4. The van der Waals surface area contributed by atoms with Gasteiger partial charge in [-0.25, -0.2) is 0 Å². The number of hydrogen-bond acceptors (Lipinski definition) is 8. The van der Waals surface area contributed by atoms with Gasteiger partial charge in [0.05, 0.1) is 19.1 Å². The van der Waals surface area contributed by atoms with Gasteiger partial charge in [0, 0.05) is 31.1 Å². The maximum absolute atomic E-state index is 12.6. The van der Waals surface area contributed by atoms with Crippen LogP contribution in [0.25, 0.3) is 11.7 Å². The summed E-state index contributed by atoms with van der Waals surface area (Å²) in [5.74, 6) is 2.43. The number of furan rings is 1. The van der Waals surface area contributed by atoms with Crippen LogP contribution < -0.4 is 9.64 Å². The average Bonchev–Trinajstić information content (AvgIpc) is 3.47. The quantitative estimate of drug-likeness (QED) is 0.557. The first-order chi connectivity index (χ1) is 14.7. The highest BCUT2D eigenvalue weighted by atomic mass is 32.2. The second kappa shape index (κ2) is 8.97. The molecule has 3 heterocycles. The van der Waals surface area contributed by atoms with Gasteiger partial charge in [0.2, 0.25) is 17.5 Å². The zero-order valence-electron chi connectivity index (χ0n) is 16.4. The molecule has 1 amide bonds. The van der Waals surface area contributed by atoms with E-state index in [1.807, 2.05) is 34.1 Å². The average molecular weight is 424 g/mol. The van der Waals surface area contributed by atoms with E-state index < -0.39 is 0 Å². The molecule has 4 rings (SSSR count). The fourth-order valence-electron chi connectivity index (χ4n) is 3.17. The molecule has 2 aromatic heterocycles. The number of hydrogen-bond donors (Lipinski definition) is 0. The van der Waals surface area contributed by atoms with Crippen LogP contribution in [0.5, 0.6) is 5.75 Å². The van der Waals surface area contributed by atoms with Crippen molar-refractivity contribution in [3.05, 3.63) is 48.4 Å². The van der Waals surface area contributed by atoms with E-state index in [4.69, 9.17) is 13.6 Å². The second-order valence-corrected chi connectivity index (χ2v) is 7.64. The fourth-order valence-corrected chi connectivity index (χ4v) is 3.97. The van der Waals surface area contributed by atoms with Crippen LogP contribution in [-0.4, -0.2) is 54.8 Å². The van der Waals surface area contributed by atoms with E-state index in [1.165, 1.54) is 18.0 Å². The molecule has 1 saturated heterocycles. The van der Waals surface area contributed by atoms with E-state index >= 15 is 0 Å². The van der Waals surface area contributed by atoms with Crippen molar-refractivity contribution in [2.24, 2.45) is 0 Å². The Labute approximate surface area is 178 Å². The molecule has 1 aliphatic rings. The van der Waals surface area contributed by atoms with Gasteiger partial charge in [-0.15, -0.1) is 11.8 Å². The monoisotopic (exact) mass is 424 g/mol. The van der Waals surface area contributed by atoms with E-state index in [9.17, 15) is 10.1 Å². The number of nitrogens with zero attached hydrogens (tertiary/aromatic N) is 4. The third-order valence-electron chi connectivity index (χ3n) is 4.79. The van der Waals surface area contributed by atoms with Crippen LogP contribution >= 0.6 is 11.8 Å². The predicted molar refractivity (Wildman–Crippen MR) is 111 cm³/mol. The molecule has 0 saturated carbocycles. The molecule has 0 spiro atoms. The molecule has 30 heavy (non-hydrogen) atoms. The van der Waals surface area contributed by atoms with Gasteiger partial charge in [-0.1, -0.05) is 0 Å². The molecule has 3 aromatic rings. The summed E-state index contributed by atoms with van der Waals surface area (Å²) in [5.41, 5.74) is 0.219. The summed E-state index contributed by atoms with van der Waals surface area (Å²) in [6, 6.07) is 13.2. The Morgan fingerprint density at radius 3 is 2.63 bits per heavy atom. The van der Waals surface area contributed by atoms with Crippen LogP contribution in [-0.2, 0) is 4.79 Å². The second-order valence-electron chi connectivity index (χ2n) is 6.59. The number of carbonyl (C=O) groups is 1. The number of piperazine rings is 1. The summed E-state index contributed by atoms with van der Waals surface area (Å²) < 4.78 is 16.2. The summed E-state index contributed by atoms with van der Waals surface area (Å²) in [7, 11) is 1.63. The Morgan fingerprint density at radius 2 is 2.00 bits per heavy atom. The number of rotatable bonds is 6. The van der Waals surface area contributed by atoms with Crippen molar-refractivity contribution >= 4 is 23.6 Å². The fraction of sp³-hybridized carbons (Fsp3) is 0.286. The van der Waals surface area contributed by atoms with E-state index in [-0.39, 0.29) is 17.5 Å². The van der Waals surface area contributed by atoms with E-state index in [0.717, 1.165) is 10.6 Å². The van der Waals surface area contributed by atoms with Crippen molar-refractivity contribution in [3.8, 4) is 23.5 Å². The number of anilines is 1. The Kier molecular flexibility index (Phi) is 5.95. The Balaban J connectivity index is 1.33. The number of nitriles is 1. The number of benzene rings is 1. The number of ether oxygens (including phenoxy) is 1. The number of carbonyl (C=O) groups excluding carboxylic acids is 1. The van der Waals surface area contributed by atoms with Crippen molar-refractivity contribution in [1.82, 2.24) is 9.88 Å². The smallest absolute Gasteiger partial charge is 0.266 e. The van der Waals surface area contributed by atoms with Crippen LogP contribution in [0.15, 0.2) is 56.4 Å². The van der Waals surface area contributed by atoms with Gasteiger partial charge in [0.15, 0.2) is 5.76 Å². The highest BCUT2D eigenvalue weighted by Gasteiger charge is 2.27. The van der Waals surface area contributed by atoms with Gasteiger partial charge >= 0.3 is 0 Å². The zero-order valence-corrected chi connectivity index (χ0v) is 17.2. The van der Waals surface area contributed by atoms with Gasteiger partial charge in [0.1, 0.15) is 11.8 Å². The number of thioether (sulfide) groups is 1. The Morgan fingerprint density at radius 1 is 1.23 bits per heavy atom. The van der Waals surface area contributed by atoms with Crippen molar-refractivity contribution in [2.45, 2.75) is 4.90 Å². The van der Waals surface area contributed by atoms with E-state index in [1.54, 1.807) is 19.2 Å². The molecule has 1 aliphatic heterocycles. The van der Waals surface area contributed by atoms with Gasteiger partial charge in [-0.3, -0.25) is 4.79 Å². The molecule has 1 fully saturated rings. The van der Waals surface area contributed by atoms with Gasteiger partial charge in [0.25, 0.3) is 5.89 Å². The lowest BCUT2D eigenvalue weighted by atomic mass is 10.3. The molecule has 0 bridgehead atoms. The summed E-state index contributed by atoms with van der Waals surface area (Å²) in [5, 5.41) is 9.41. The first-order valence-electron chi connectivity index (χ1n) is 9.42. The summed E-state index contributed by atoms with van der Waals surface area (Å²) in [4.78, 5) is 21.6. The summed E-state index contributed by atoms with van der Waals surface area (Å²) >= 11 is 1.50. The summed E-state index contributed by atoms with van der Waals surface area (Å²) in [6.45, 7) is 2.26. The highest BCUT2D eigenvalue weighted by molar-refractivity contribution is 8.00. The number of amides is 1. The lowest BCUT2D eigenvalue weighted by Gasteiger charge is -2.34. The van der Waals surface area contributed by atoms with Gasteiger partial charge in [-0.05, 0) is 36.4 Å². The largest absolute Gasteiger partial charge is 0.497 e.